The lowest BCUT2D eigenvalue weighted by Gasteiger charge is -2.52. The molecule has 0 unspecified atom stereocenters. The Balaban J connectivity index is 1.39. The van der Waals surface area contributed by atoms with Crippen LogP contribution in [-0.4, -0.2) is 75.8 Å². The van der Waals surface area contributed by atoms with Crippen LogP contribution in [0.3, 0.4) is 0 Å². The van der Waals surface area contributed by atoms with E-state index < -0.39 is 23.4 Å². The highest BCUT2D eigenvalue weighted by atomic mass is 19.4. The minimum absolute atomic E-state index is 0.0203. The molecule has 2 fully saturated rings. The van der Waals surface area contributed by atoms with E-state index in [2.05, 4.69) is 23.6 Å². The number of nitrogens with zero attached hydrogens (tertiary/aromatic N) is 3. The van der Waals surface area contributed by atoms with Crippen LogP contribution in [0.1, 0.15) is 82.7 Å². The second-order valence-electron chi connectivity index (χ2n) is 11.6. The van der Waals surface area contributed by atoms with Crippen molar-refractivity contribution in [3.63, 3.8) is 0 Å². The van der Waals surface area contributed by atoms with Gasteiger partial charge in [-0.3, -0.25) is 9.80 Å². The third-order valence-corrected chi connectivity index (χ3v) is 7.91. The molecule has 1 aromatic carbocycles. The molecule has 4 rings (SSSR count). The van der Waals surface area contributed by atoms with Gasteiger partial charge in [0.15, 0.2) is 0 Å². The molecule has 196 valence electrons. The maximum Gasteiger partial charge on any atom is 0.416 e. The third kappa shape index (κ3) is 5.47. The van der Waals surface area contributed by atoms with Crippen LogP contribution in [0.15, 0.2) is 18.2 Å². The summed E-state index contributed by atoms with van der Waals surface area (Å²) in [4.78, 5) is 19.1. The Morgan fingerprint density at radius 3 is 2.31 bits per heavy atom. The molecule has 2 heterocycles. The summed E-state index contributed by atoms with van der Waals surface area (Å²) in [6, 6.07) is 3.90. The molecular weight excluding hydrogens is 459 g/mol. The van der Waals surface area contributed by atoms with Gasteiger partial charge in [-0.25, -0.2) is 4.79 Å². The molecule has 1 N–H and O–H groups in total. The van der Waals surface area contributed by atoms with Crippen molar-refractivity contribution in [1.82, 2.24) is 14.7 Å². The van der Waals surface area contributed by atoms with Gasteiger partial charge in [-0.1, -0.05) is 6.07 Å². The normalized spacial score (nSPS) is 28.1. The number of ether oxygens (including phenoxy) is 1. The number of carbonyl (C=O) groups excluding carboxylic acids is 1. The lowest BCUT2D eigenvalue weighted by molar-refractivity contribution is -0.137. The third-order valence-electron chi connectivity index (χ3n) is 7.91. The van der Waals surface area contributed by atoms with Crippen molar-refractivity contribution in [3.05, 3.63) is 34.9 Å². The first-order chi connectivity index (χ1) is 16.2. The Labute approximate surface area is 206 Å². The molecule has 6 nitrogen and oxygen atoms in total. The zero-order valence-corrected chi connectivity index (χ0v) is 21.4. The van der Waals surface area contributed by atoms with Gasteiger partial charge < -0.3 is 14.7 Å². The van der Waals surface area contributed by atoms with Crippen molar-refractivity contribution in [2.24, 2.45) is 0 Å². The number of piperazine rings is 1. The Morgan fingerprint density at radius 1 is 1.09 bits per heavy atom. The van der Waals surface area contributed by atoms with Gasteiger partial charge in [-0.05, 0) is 77.1 Å². The molecule has 3 aliphatic rings. The van der Waals surface area contributed by atoms with Gasteiger partial charge in [0, 0.05) is 50.3 Å². The van der Waals surface area contributed by atoms with Crippen molar-refractivity contribution in [2.75, 3.05) is 32.7 Å². The lowest BCUT2D eigenvalue weighted by atomic mass is 9.86. The van der Waals surface area contributed by atoms with Crippen LogP contribution >= 0.6 is 0 Å². The molecule has 3 atom stereocenters. The zero-order valence-electron chi connectivity index (χ0n) is 21.4. The number of likely N-dealkylation sites (tertiary alicyclic amines) is 1. The van der Waals surface area contributed by atoms with Gasteiger partial charge in [0.25, 0.3) is 0 Å². The average Bonchev–Trinajstić information content (AvgIpc) is 3.08. The first kappa shape index (κ1) is 26.2. The van der Waals surface area contributed by atoms with Crippen molar-refractivity contribution in [2.45, 2.75) is 89.4 Å². The SMILES string of the molecule is C[C@H]1CN(C2(C)CCN(C(=O)OC(C)(C)C)CC2)CCN1[C@H]1C[C@H](O)c2cc(C(F)(F)F)ccc21. The van der Waals surface area contributed by atoms with Gasteiger partial charge >= 0.3 is 12.3 Å². The topological polar surface area (TPSA) is 56.2 Å². The van der Waals surface area contributed by atoms with Crippen molar-refractivity contribution in [3.8, 4) is 0 Å². The molecule has 1 aliphatic carbocycles. The average molecular weight is 498 g/mol. The van der Waals surface area contributed by atoms with Crippen LogP contribution < -0.4 is 0 Å². The van der Waals surface area contributed by atoms with Crippen LogP contribution in [0.2, 0.25) is 0 Å². The molecule has 1 aromatic rings. The van der Waals surface area contributed by atoms with Crippen LogP contribution in [0.25, 0.3) is 0 Å². The van der Waals surface area contributed by atoms with Crippen molar-refractivity contribution in [1.29, 1.82) is 0 Å². The molecule has 35 heavy (non-hydrogen) atoms. The summed E-state index contributed by atoms with van der Waals surface area (Å²) in [5, 5.41) is 10.5. The molecule has 0 spiro atoms. The van der Waals surface area contributed by atoms with E-state index in [0.29, 0.717) is 25.1 Å². The maximum atomic E-state index is 13.2. The highest BCUT2D eigenvalue weighted by molar-refractivity contribution is 5.68. The number of carbonyl (C=O) groups is 1. The van der Waals surface area contributed by atoms with E-state index in [1.807, 2.05) is 20.8 Å². The van der Waals surface area contributed by atoms with Gasteiger partial charge in [0.05, 0.1) is 11.7 Å². The fourth-order valence-electron chi connectivity index (χ4n) is 5.86. The Hall–Kier alpha value is -1.84. The number of alkyl halides is 3. The molecule has 0 bridgehead atoms. The predicted molar refractivity (Wildman–Crippen MR) is 127 cm³/mol. The summed E-state index contributed by atoms with van der Waals surface area (Å²) in [6.45, 7) is 13.8. The number of amides is 1. The maximum absolute atomic E-state index is 13.2. The number of hydrogen-bond donors (Lipinski definition) is 1. The lowest BCUT2D eigenvalue weighted by Crippen LogP contribution is -2.62. The molecule has 0 radical (unpaired) electrons. The standard InChI is InChI=1S/C26H38F3N3O3/c1-17-16-31(25(5)8-10-30(11-9-25)23(34)35-24(2,3)4)12-13-32(17)21-15-22(33)20-14-18(26(27,28)29)6-7-19(20)21/h6-7,14,17,21-22,33H,8-13,15-16H2,1-5H3/t17-,21-,22-/m0/s1. The second kappa shape index (κ2) is 9.23. The highest BCUT2D eigenvalue weighted by Crippen LogP contribution is 2.46. The minimum Gasteiger partial charge on any atom is -0.444 e. The van der Waals surface area contributed by atoms with Crippen molar-refractivity contribution >= 4 is 6.09 Å². The van der Waals surface area contributed by atoms with E-state index in [1.54, 1.807) is 11.0 Å². The molecule has 0 aromatic heterocycles. The van der Waals surface area contributed by atoms with E-state index in [0.717, 1.165) is 50.2 Å². The summed E-state index contributed by atoms with van der Waals surface area (Å²) in [5.74, 6) is 0. The summed E-state index contributed by atoms with van der Waals surface area (Å²) in [6.07, 6.45) is -3.40. The number of aliphatic hydroxyl groups is 1. The molecule has 2 saturated heterocycles. The number of piperidine rings is 1. The minimum atomic E-state index is -4.42. The Morgan fingerprint density at radius 2 is 1.74 bits per heavy atom. The van der Waals surface area contributed by atoms with Crippen LogP contribution in [0, 0.1) is 0 Å². The fraction of sp³-hybridized carbons (Fsp3) is 0.731. The number of fused-ring (bicyclic) bond motifs is 1. The first-order valence-electron chi connectivity index (χ1n) is 12.6. The van der Waals surface area contributed by atoms with E-state index in [1.165, 1.54) is 0 Å². The van der Waals surface area contributed by atoms with Gasteiger partial charge in [0.1, 0.15) is 5.60 Å². The van der Waals surface area contributed by atoms with Crippen molar-refractivity contribution < 1.29 is 27.8 Å². The number of hydrogen-bond acceptors (Lipinski definition) is 5. The van der Waals surface area contributed by atoms with Crippen LogP contribution in [0.5, 0.6) is 0 Å². The van der Waals surface area contributed by atoms with Gasteiger partial charge in [-0.15, -0.1) is 0 Å². The number of benzene rings is 1. The Kier molecular flexibility index (Phi) is 6.92. The molecule has 9 heteroatoms. The summed E-state index contributed by atoms with van der Waals surface area (Å²) < 4.78 is 45.0. The Bertz CT molecular complexity index is 938. The molecule has 2 aliphatic heterocycles. The van der Waals surface area contributed by atoms with Gasteiger partial charge in [-0.2, -0.15) is 13.2 Å². The van der Waals surface area contributed by atoms with E-state index in [4.69, 9.17) is 4.74 Å². The summed E-state index contributed by atoms with van der Waals surface area (Å²) in [5.41, 5.74) is -0.0270. The number of halogens is 3. The molecular formula is C26H38F3N3O3. The zero-order chi connectivity index (χ0) is 25.8. The predicted octanol–water partition coefficient (Wildman–Crippen LogP) is 4.98. The van der Waals surface area contributed by atoms with Crippen LogP contribution in [-0.2, 0) is 10.9 Å². The fourth-order valence-corrected chi connectivity index (χ4v) is 5.86. The van der Waals surface area contributed by atoms with E-state index in [-0.39, 0.29) is 23.7 Å². The summed E-state index contributed by atoms with van der Waals surface area (Å²) in [7, 11) is 0. The number of aliphatic hydroxyl groups excluding tert-OH is 1. The molecule has 0 saturated carbocycles. The highest BCUT2D eigenvalue weighted by Gasteiger charge is 2.44. The number of rotatable bonds is 2. The van der Waals surface area contributed by atoms with Gasteiger partial charge in [0.2, 0.25) is 0 Å². The van der Waals surface area contributed by atoms with E-state index in [9.17, 15) is 23.1 Å². The monoisotopic (exact) mass is 497 g/mol. The van der Waals surface area contributed by atoms with Crippen LogP contribution in [0.4, 0.5) is 18.0 Å². The summed E-state index contributed by atoms with van der Waals surface area (Å²) >= 11 is 0. The molecule has 1 amide bonds. The van der Waals surface area contributed by atoms with E-state index >= 15 is 0 Å². The smallest absolute Gasteiger partial charge is 0.416 e. The largest absolute Gasteiger partial charge is 0.444 e. The second-order valence-corrected chi connectivity index (χ2v) is 11.6. The first-order valence-corrected chi connectivity index (χ1v) is 12.6. The quantitative estimate of drug-likeness (QED) is 0.625.